The fourth-order valence-corrected chi connectivity index (χ4v) is 4.61. The second kappa shape index (κ2) is 9.57. The molecule has 0 saturated heterocycles. The fraction of sp³-hybridized carbons (Fsp3) is 0.200. The van der Waals surface area contributed by atoms with E-state index in [1.807, 2.05) is 30.3 Å². The molecular formula is C20H21N3O3S2. The molecule has 6 nitrogen and oxygen atoms in total. The molecule has 3 rings (SSSR count). The summed E-state index contributed by atoms with van der Waals surface area (Å²) < 4.78 is 32.8. The zero-order chi connectivity index (χ0) is 19.8. The minimum Gasteiger partial charge on any atom is -0.493 e. The number of benzene rings is 2. The quantitative estimate of drug-likeness (QED) is 0.286. The van der Waals surface area contributed by atoms with Gasteiger partial charge in [0, 0.05) is 12.3 Å². The van der Waals surface area contributed by atoms with Crippen molar-refractivity contribution in [3.63, 3.8) is 0 Å². The Kier molecular flexibility index (Phi) is 6.89. The molecule has 0 saturated carbocycles. The maximum atomic E-state index is 12.7. The summed E-state index contributed by atoms with van der Waals surface area (Å²) in [6.07, 6.45) is 1.70. The van der Waals surface area contributed by atoms with Crippen molar-refractivity contribution >= 4 is 21.6 Å². The van der Waals surface area contributed by atoms with E-state index >= 15 is 0 Å². The van der Waals surface area contributed by atoms with Gasteiger partial charge in [0.25, 0.3) is 0 Å². The molecule has 0 aliphatic heterocycles. The van der Waals surface area contributed by atoms with Gasteiger partial charge in [0.2, 0.25) is 0 Å². The predicted octanol–water partition coefficient (Wildman–Crippen LogP) is 3.61. The van der Waals surface area contributed by atoms with Gasteiger partial charge in [-0.2, -0.15) is 0 Å². The minimum absolute atomic E-state index is 0.209. The topological polar surface area (TPSA) is 74.1 Å². The lowest BCUT2D eigenvalue weighted by molar-refractivity contribution is 0.344. The zero-order valence-electron chi connectivity index (χ0n) is 15.3. The Bertz CT molecular complexity index is 1000. The molecule has 0 amide bonds. The summed E-state index contributed by atoms with van der Waals surface area (Å²) in [5.74, 6) is 1.66. The van der Waals surface area contributed by atoms with E-state index in [4.69, 9.17) is 4.74 Å². The van der Waals surface area contributed by atoms with Gasteiger partial charge < -0.3 is 9.30 Å². The van der Waals surface area contributed by atoms with Crippen molar-refractivity contribution in [2.45, 2.75) is 22.3 Å². The molecule has 1 heterocycles. The van der Waals surface area contributed by atoms with Crippen molar-refractivity contribution in [1.82, 2.24) is 14.8 Å². The van der Waals surface area contributed by atoms with E-state index in [1.165, 1.54) is 11.8 Å². The third kappa shape index (κ3) is 5.24. The molecule has 3 aromatic rings. The van der Waals surface area contributed by atoms with Gasteiger partial charge in [-0.15, -0.1) is 16.8 Å². The second-order valence-electron chi connectivity index (χ2n) is 5.88. The van der Waals surface area contributed by atoms with Gasteiger partial charge in [-0.05, 0) is 24.3 Å². The Morgan fingerprint density at radius 2 is 1.71 bits per heavy atom. The number of allylic oxidation sites excluding steroid dienone is 1. The van der Waals surface area contributed by atoms with Crippen LogP contribution in [-0.4, -0.2) is 35.5 Å². The van der Waals surface area contributed by atoms with Crippen LogP contribution in [0.5, 0.6) is 5.75 Å². The average Bonchev–Trinajstić information content (AvgIpc) is 3.08. The molecule has 0 fully saturated rings. The summed E-state index contributed by atoms with van der Waals surface area (Å²) in [5, 5.41) is 8.92. The van der Waals surface area contributed by atoms with Gasteiger partial charge in [-0.3, -0.25) is 0 Å². The van der Waals surface area contributed by atoms with Crippen LogP contribution in [0, 0.1) is 0 Å². The predicted molar refractivity (Wildman–Crippen MR) is 110 cm³/mol. The number of rotatable bonds is 10. The summed E-state index contributed by atoms with van der Waals surface area (Å²) >= 11 is 1.47. The Hall–Kier alpha value is -2.58. The number of hydrogen-bond donors (Lipinski definition) is 0. The smallest absolute Gasteiger partial charge is 0.191 e. The molecule has 0 radical (unpaired) electrons. The van der Waals surface area contributed by atoms with Crippen molar-refractivity contribution in [3.8, 4) is 5.75 Å². The van der Waals surface area contributed by atoms with Gasteiger partial charge in [0.1, 0.15) is 17.3 Å². The SMILES string of the molecule is C=CCn1c(CS(=O)(=O)c2ccccc2)nnc1SCCOc1ccccc1. The number of nitrogens with zero attached hydrogens (tertiary/aromatic N) is 3. The van der Waals surface area contributed by atoms with E-state index in [-0.39, 0.29) is 10.6 Å². The van der Waals surface area contributed by atoms with E-state index in [2.05, 4.69) is 16.8 Å². The molecule has 0 spiro atoms. The van der Waals surface area contributed by atoms with Gasteiger partial charge in [0.05, 0.1) is 11.5 Å². The summed E-state index contributed by atoms with van der Waals surface area (Å²) in [6, 6.07) is 17.9. The van der Waals surface area contributed by atoms with E-state index in [1.54, 1.807) is 41.0 Å². The number of hydrogen-bond acceptors (Lipinski definition) is 6. The van der Waals surface area contributed by atoms with Gasteiger partial charge in [0.15, 0.2) is 15.0 Å². The molecule has 2 aromatic carbocycles. The van der Waals surface area contributed by atoms with E-state index in [9.17, 15) is 8.42 Å². The van der Waals surface area contributed by atoms with Gasteiger partial charge in [-0.25, -0.2) is 8.42 Å². The van der Waals surface area contributed by atoms with E-state index < -0.39 is 9.84 Å². The first kappa shape index (κ1) is 20.2. The molecule has 0 aliphatic rings. The number of para-hydroxylation sites is 1. The van der Waals surface area contributed by atoms with Gasteiger partial charge in [-0.1, -0.05) is 54.2 Å². The Balaban J connectivity index is 1.66. The molecule has 8 heteroatoms. The lowest BCUT2D eigenvalue weighted by Gasteiger charge is -2.09. The highest BCUT2D eigenvalue weighted by atomic mass is 32.2. The first-order valence-corrected chi connectivity index (χ1v) is 11.4. The number of thioether (sulfide) groups is 1. The van der Waals surface area contributed by atoms with Crippen LogP contribution in [0.4, 0.5) is 0 Å². The van der Waals surface area contributed by atoms with Crippen molar-refractivity contribution in [1.29, 1.82) is 0 Å². The summed E-state index contributed by atoms with van der Waals surface area (Å²) in [4.78, 5) is 0.272. The number of ether oxygens (including phenoxy) is 1. The van der Waals surface area contributed by atoms with Crippen LogP contribution in [-0.2, 0) is 22.1 Å². The lowest BCUT2D eigenvalue weighted by atomic mass is 10.3. The van der Waals surface area contributed by atoms with Crippen LogP contribution in [0.25, 0.3) is 0 Å². The molecular weight excluding hydrogens is 394 g/mol. The van der Waals surface area contributed by atoms with Crippen molar-refractivity contribution in [3.05, 3.63) is 79.1 Å². The normalized spacial score (nSPS) is 11.3. The molecule has 0 atom stereocenters. The Labute approximate surface area is 169 Å². The van der Waals surface area contributed by atoms with E-state index in [0.29, 0.717) is 29.9 Å². The zero-order valence-corrected chi connectivity index (χ0v) is 16.9. The third-order valence-corrected chi connectivity index (χ3v) is 6.41. The highest BCUT2D eigenvalue weighted by Crippen LogP contribution is 2.21. The van der Waals surface area contributed by atoms with Crippen LogP contribution in [0.15, 0.2) is 83.4 Å². The molecule has 0 unspecified atom stereocenters. The Morgan fingerprint density at radius 3 is 2.39 bits per heavy atom. The minimum atomic E-state index is -3.49. The fourth-order valence-electron chi connectivity index (χ4n) is 2.54. The van der Waals surface area contributed by atoms with Crippen LogP contribution >= 0.6 is 11.8 Å². The lowest BCUT2D eigenvalue weighted by Crippen LogP contribution is -2.11. The summed E-state index contributed by atoms with van der Waals surface area (Å²) in [5.41, 5.74) is 0. The summed E-state index contributed by atoms with van der Waals surface area (Å²) in [6.45, 7) is 4.69. The van der Waals surface area contributed by atoms with Crippen molar-refractivity contribution in [2.24, 2.45) is 0 Å². The van der Waals surface area contributed by atoms with Gasteiger partial charge >= 0.3 is 0 Å². The maximum absolute atomic E-state index is 12.7. The number of sulfone groups is 1. The standard InChI is InChI=1S/C20H21N3O3S2/c1-2-13-23-19(16-28(24,25)18-11-7-4-8-12-18)21-22-20(23)27-15-14-26-17-9-5-3-6-10-17/h2-12H,1,13-16H2. The second-order valence-corrected chi connectivity index (χ2v) is 8.93. The monoisotopic (exact) mass is 415 g/mol. The van der Waals surface area contributed by atoms with Crippen molar-refractivity contribution in [2.75, 3.05) is 12.4 Å². The molecule has 146 valence electrons. The first-order chi connectivity index (χ1) is 13.6. The first-order valence-electron chi connectivity index (χ1n) is 8.71. The van der Waals surface area contributed by atoms with Crippen LogP contribution in [0.3, 0.4) is 0 Å². The summed E-state index contributed by atoms with van der Waals surface area (Å²) in [7, 11) is -3.49. The molecule has 0 N–H and O–H groups in total. The highest BCUT2D eigenvalue weighted by molar-refractivity contribution is 7.99. The number of aromatic nitrogens is 3. The molecule has 0 bridgehead atoms. The largest absolute Gasteiger partial charge is 0.493 e. The molecule has 1 aromatic heterocycles. The Morgan fingerprint density at radius 1 is 1.04 bits per heavy atom. The maximum Gasteiger partial charge on any atom is 0.191 e. The highest BCUT2D eigenvalue weighted by Gasteiger charge is 2.21. The van der Waals surface area contributed by atoms with E-state index in [0.717, 1.165) is 5.75 Å². The van der Waals surface area contributed by atoms with Crippen molar-refractivity contribution < 1.29 is 13.2 Å². The van der Waals surface area contributed by atoms with Crippen LogP contribution in [0.2, 0.25) is 0 Å². The molecule has 28 heavy (non-hydrogen) atoms. The van der Waals surface area contributed by atoms with Crippen LogP contribution < -0.4 is 4.74 Å². The average molecular weight is 416 g/mol. The third-order valence-electron chi connectivity index (χ3n) is 3.85. The van der Waals surface area contributed by atoms with Crippen LogP contribution in [0.1, 0.15) is 5.82 Å². The molecule has 0 aliphatic carbocycles.